The molecule has 0 aliphatic rings. The normalized spacial score (nSPS) is 11.4. The Bertz CT molecular complexity index is 463. The van der Waals surface area contributed by atoms with Gasteiger partial charge in [-0.2, -0.15) is 5.26 Å². The minimum absolute atomic E-state index is 0.0569. The quantitative estimate of drug-likeness (QED) is 0.725. The fraction of sp³-hybridized carbons (Fsp3) is 0.429. The van der Waals surface area contributed by atoms with E-state index in [4.69, 9.17) is 14.7 Å². The van der Waals surface area contributed by atoms with Crippen LogP contribution in [0.3, 0.4) is 0 Å². The Balaban J connectivity index is 3.08. The number of ether oxygens (including phenoxy) is 2. The van der Waals surface area contributed by atoms with Gasteiger partial charge in [-0.25, -0.2) is 0 Å². The molecular weight excluding hydrogens is 230 g/mol. The lowest BCUT2D eigenvalue weighted by Gasteiger charge is -2.13. The second kappa shape index (κ2) is 6.65. The van der Waals surface area contributed by atoms with Crippen LogP contribution in [0.5, 0.6) is 11.5 Å². The molecule has 1 rings (SSSR count). The van der Waals surface area contributed by atoms with Gasteiger partial charge in [0.2, 0.25) is 0 Å². The van der Waals surface area contributed by atoms with Gasteiger partial charge in [0.1, 0.15) is 11.5 Å². The summed E-state index contributed by atoms with van der Waals surface area (Å²) in [7, 11) is 3.07. The summed E-state index contributed by atoms with van der Waals surface area (Å²) in [4.78, 5) is 12.3. The molecule has 0 N–H and O–H groups in total. The molecule has 0 aromatic heterocycles. The first-order chi connectivity index (χ1) is 8.67. The van der Waals surface area contributed by atoms with E-state index in [-0.39, 0.29) is 18.1 Å². The third-order valence-electron chi connectivity index (χ3n) is 2.88. The van der Waals surface area contributed by atoms with Gasteiger partial charge < -0.3 is 9.47 Å². The summed E-state index contributed by atoms with van der Waals surface area (Å²) in [5.74, 6) is 0.781. The lowest BCUT2D eigenvalue weighted by Crippen LogP contribution is -2.14. The molecule has 0 saturated carbocycles. The van der Waals surface area contributed by atoms with Crippen molar-refractivity contribution in [3.05, 3.63) is 23.8 Å². The zero-order chi connectivity index (χ0) is 13.5. The maximum absolute atomic E-state index is 12.3. The third-order valence-corrected chi connectivity index (χ3v) is 2.88. The second-order valence-corrected chi connectivity index (χ2v) is 3.90. The van der Waals surface area contributed by atoms with Crippen molar-refractivity contribution in [2.45, 2.75) is 19.8 Å². The topological polar surface area (TPSA) is 59.3 Å². The van der Waals surface area contributed by atoms with E-state index in [1.54, 1.807) is 25.3 Å². The summed E-state index contributed by atoms with van der Waals surface area (Å²) in [6.07, 6.45) is 0.867. The molecule has 0 spiro atoms. The first kappa shape index (κ1) is 14.0. The van der Waals surface area contributed by atoms with Crippen LogP contribution >= 0.6 is 0 Å². The molecule has 1 atom stereocenters. The Labute approximate surface area is 107 Å². The zero-order valence-electron chi connectivity index (χ0n) is 10.9. The van der Waals surface area contributed by atoms with Crippen LogP contribution in [0.25, 0.3) is 0 Å². The van der Waals surface area contributed by atoms with Crippen LogP contribution in [0, 0.1) is 17.2 Å². The number of rotatable bonds is 6. The molecule has 0 saturated heterocycles. The number of nitrogens with zero attached hydrogens (tertiary/aromatic N) is 1. The van der Waals surface area contributed by atoms with E-state index < -0.39 is 0 Å². The van der Waals surface area contributed by atoms with Crippen LogP contribution in [-0.2, 0) is 0 Å². The molecule has 0 aliphatic carbocycles. The highest BCUT2D eigenvalue weighted by atomic mass is 16.5. The predicted molar refractivity (Wildman–Crippen MR) is 67.9 cm³/mol. The molecule has 18 heavy (non-hydrogen) atoms. The van der Waals surface area contributed by atoms with Crippen molar-refractivity contribution in [1.82, 2.24) is 0 Å². The smallest absolute Gasteiger partial charge is 0.170 e. The van der Waals surface area contributed by atoms with E-state index in [0.717, 1.165) is 0 Å². The molecule has 1 aromatic carbocycles. The minimum atomic E-state index is -0.280. The molecular formula is C14H17NO3. The van der Waals surface area contributed by atoms with E-state index in [1.165, 1.54) is 7.11 Å². The van der Waals surface area contributed by atoms with Gasteiger partial charge >= 0.3 is 0 Å². The van der Waals surface area contributed by atoms with E-state index >= 15 is 0 Å². The Kier molecular flexibility index (Phi) is 5.19. The van der Waals surface area contributed by atoms with Crippen LogP contribution < -0.4 is 9.47 Å². The lowest BCUT2D eigenvalue weighted by molar-refractivity contribution is 0.0915. The molecule has 4 heteroatoms. The Morgan fingerprint density at radius 2 is 2.11 bits per heavy atom. The fourth-order valence-corrected chi connectivity index (χ4v) is 1.75. The van der Waals surface area contributed by atoms with Crippen molar-refractivity contribution in [3.8, 4) is 17.6 Å². The molecule has 0 aliphatic heterocycles. The maximum atomic E-state index is 12.3. The van der Waals surface area contributed by atoms with E-state index in [2.05, 4.69) is 0 Å². The number of carbonyl (C=O) groups excluding carboxylic acids is 1. The molecule has 0 bridgehead atoms. The fourth-order valence-electron chi connectivity index (χ4n) is 1.75. The van der Waals surface area contributed by atoms with Crippen LogP contribution in [-0.4, -0.2) is 20.0 Å². The summed E-state index contributed by atoms with van der Waals surface area (Å²) in [5, 5.41) is 8.72. The van der Waals surface area contributed by atoms with Gasteiger partial charge in [0.05, 0.1) is 25.9 Å². The average Bonchev–Trinajstić information content (AvgIpc) is 2.43. The Hall–Kier alpha value is -2.02. The number of benzene rings is 1. The second-order valence-electron chi connectivity index (χ2n) is 3.90. The Morgan fingerprint density at radius 1 is 1.39 bits per heavy atom. The van der Waals surface area contributed by atoms with Crippen molar-refractivity contribution in [3.63, 3.8) is 0 Å². The van der Waals surface area contributed by atoms with Crippen molar-refractivity contribution in [2.24, 2.45) is 5.92 Å². The first-order valence-electron chi connectivity index (χ1n) is 5.81. The van der Waals surface area contributed by atoms with Gasteiger partial charge in [0.15, 0.2) is 5.78 Å². The largest absolute Gasteiger partial charge is 0.497 e. The van der Waals surface area contributed by atoms with Gasteiger partial charge in [0.25, 0.3) is 0 Å². The van der Waals surface area contributed by atoms with Crippen molar-refractivity contribution >= 4 is 5.78 Å². The standard InChI is InChI=1S/C14H17NO3/c1-4-10(7-8-15)14(16)12-6-5-11(17-2)9-13(12)18-3/h5-6,9-10H,4,7H2,1-3H3. The van der Waals surface area contributed by atoms with Crippen LogP contribution in [0.2, 0.25) is 0 Å². The summed E-state index contributed by atoms with van der Waals surface area (Å²) in [6.45, 7) is 1.90. The highest BCUT2D eigenvalue weighted by molar-refractivity contribution is 6.00. The van der Waals surface area contributed by atoms with E-state index in [1.807, 2.05) is 13.0 Å². The van der Waals surface area contributed by atoms with Crippen LogP contribution in [0.4, 0.5) is 0 Å². The van der Waals surface area contributed by atoms with Crippen molar-refractivity contribution < 1.29 is 14.3 Å². The van der Waals surface area contributed by atoms with Gasteiger partial charge in [-0.05, 0) is 18.6 Å². The number of nitriles is 1. The number of methoxy groups -OCH3 is 2. The monoisotopic (exact) mass is 247 g/mol. The molecule has 96 valence electrons. The lowest BCUT2D eigenvalue weighted by atomic mass is 9.92. The van der Waals surface area contributed by atoms with Crippen LogP contribution in [0.15, 0.2) is 18.2 Å². The predicted octanol–water partition coefficient (Wildman–Crippen LogP) is 2.83. The van der Waals surface area contributed by atoms with Gasteiger partial charge in [0, 0.05) is 18.4 Å². The number of carbonyl (C=O) groups is 1. The van der Waals surface area contributed by atoms with E-state index in [9.17, 15) is 4.79 Å². The zero-order valence-corrected chi connectivity index (χ0v) is 10.9. The van der Waals surface area contributed by atoms with Crippen molar-refractivity contribution in [2.75, 3.05) is 14.2 Å². The van der Waals surface area contributed by atoms with Gasteiger partial charge in [-0.1, -0.05) is 6.92 Å². The van der Waals surface area contributed by atoms with E-state index in [0.29, 0.717) is 23.5 Å². The Morgan fingerprint density at radius 3 is 2.61 bits per heavy atom. The number of Topliss-reactive ketones (excluding diaryl/α,β-unsaturated/α-hetero) is 1. The average molecular weight is 247 g/mol. The highest BCUT2D eigenvalue weighted by Crippen LogP contribution is 2.28. The summed E-state index contributed by atoms with van der Waals surface area (Å²) in [5.41, 5.74) is 0.500. The third kappa shape index (κ3) is 3.01. The summed E-state index contributed by atoms with van der Waals surface area (Å²) < 4.78 is 10.3. The molecule has 0 fully saturated rings. The van der Waals surface area contributed by atoms with Gasteiger partial charge in [-0.3, -0.25) is 4.79 Å². The minimum Gasteiger partial charge on any atom is -0.497 e. The molecule has 1 unspecified atom stereocenters. The molecule has 0 radical (unpaired) electrons. The maximum Gasteiger partial charge on any atom is 0.170 e. The first-order valence-corrected chi connectivity index (χ1v) is 5.81. The number of hydrogen-bond donors (Lipinski definition) is 0. The number of ketones is 1. The highest BCUT2D eigenvalue weighted by Gasteiger charge is 2.21. The summed E-state index contributed by atoms with van der Waals surface area (Å²) in [6, 6.07) is 7.11. The molecule has 1 aromatic rings. The van der Waals surface area contributed by atoms with Crippen LogP contribution in [0.1, 0.15) is 30.1 Å². The van der Waals surface area contributed by atoms with Gasteiger partial charge in [-0.15, -0.1) is 0 Å². The molecule has 0 heterocycles. The molecule has 0 amide bonds. The van der Waals surface area contributed by atoms with Crippen molar-refractivity contribution in [1.29, 1.82) is 5.26 Å². The number of hydrogen-bond acceptors (Lipinski definition) is 4. The summed E-state index contributed by atoms with van der Waals surface area (Å²) >= 11 is 0. The molecule has 4 nitrogen and oxygen atoms in total. The SMILES string of the molecule is CCC(CC#N)C(=O)c1ccc(OC)cc1OC.